The number of hydrogen-bond donors (Lipinski definition) is 2. The number of carboxylic acids is 1. The van der Waals surface area contributed by atoms with Gasteiger partial charge in [-0.15, -0.1) is 0 Å². The summed E-state index contributed by atoms with van der Waals surface area (Å²) in [5.74, 6) is -1.63. The molecule has 0 radical (unpaired) electrons. The van der Waals surface area contributed by atoms with E-state index >= 15 is 0 Å². The number of amides is 1. The van der Waals surface area contributed by atoms with Crippen LogP contribution in [0.4, 0.5) is 5.69 Å². The fourth-order valence-electron chi connectivity index (χ4n) is 1.22. The molecule has 0 bridgehead atoms. The lowest BCUT2D eigenvalue weighted by molar-refractivity contribution is 0.0690. The van der Waals surface area contributed by atoms with Crippen molar-refractivity contribution in [2.75, 3.05) is 5.32 Å². The Balaban J connectivity index is 2.10. The van der Waals surface area contributed by atoms with Crippen molar-refractivity contribution >= 4 is 29.2 Å². The largest absolute Gasteiger partial charge is 0.477 e. The molecule has 2 aromatic heterocycles. The average Bonchev–Trinajstić information content (AvgIpc) is 2.40. The molecule has 0 fully saturated rings. The molecule has 2 heterocycles. The summed E-state index contributed by atoms with van der Waals surface area (Å²) >= 11 is 5.55. The van der Waals surface area contributed by atoms with Gasteiger partial charge >= 0.3 is 5.97 Å². The molecule has 2 N–H and O–H groups in total. The zero-order valence-electron chi connectivity index (χ0n) is 9.37. The van der Waals surface area contributed by atoms with Crippen LogP contribution in [-0.4, -0.2) is 31.9 Å². The van der Waals surface area contributed by atoms with Crippen LogP contribution in [0.1, 0.15) is 21.0 Å². The van der Waals surface area contributed by atoms with Gasteiger partial charge in [0.25, 0.3) is 5.91 Å². The van der Waals surface area contributed by atoms with Crippen LogP contribution in [0.25, 0.3) is 0 Å². The molecule has 0 saturated heterocycles. The van der Waals surface area contributed by atoms with Crippen molar-refractivity contribution in [3.63, 3.8) is 0 Å². The van der Waals surface area contributed by atoms with Crippen LogP contribution >= 0.6 is 11.6 Å². The SMILES string of the molecule is O=C(O)c1ccc(NC(=O)c2cnc(Cl)cn2)cn1. The Kier molecular flexibility index (Phi) is 3.67. The number of nitrogens with zero attached hydrogens (tertiary/aromatic N) is 3. The molecule has 2 rings (SSSR count). The summed E-state index contributed by atoms with van der Waals surface area (Å²) in [6, 6.07) is 2.71. The van der Waals surface area contributed by atoms with Gasteiger partial charge in [0.15, 0.2) is 0 Å². The number of carboxylic acid groups (broad SMARTS) is 1. The summed E-state index contributed by atoms with van der Waals surface area (Å²) in [6.45, 7) is 0. The van der Waals surface area contributed by atoms with Gasteiger partial charge in [-0.3, -0.25) is 4.79 Å². The van der Waals surface area contributed by atoms with Crippen LogP contribution in [-0.2, 0) is 0 Å². The van der Waals surface area contributed by atoms with Gasteiger partial charge in [0, 0.05) is 0 Å². The Labute approximate surface area is 112 Å². The molecule has 8 heteroatoms. The molecule has 0 atom stereocenters. The van der Waals surface area contributed by atoms with E-state index in [4.69, 9.17) is 16.7 Å². The first kappa shape index (κ1) is 12.9. The zero-order chi connectivity index (χ0) is 13.8. The number of halogens is 1. The van der Waals surface area contributed by atoms with Gasteiger partial charge in [0.05, 0.1) is 24.3 Å². The highest BCUT2D eigenvalue weighted by atomic mass is 35.5. The van der Waals surface area contributed by atoms with Crippen LogP contribution in [0.5, 0.6) is 0 Å². The summed E-state index contributed by atoms with van der Waals surface area (Å²) in [5, 5.41) is 11.4. The van der Waals surface area contributed by atoms with Crippen LogP contribution in [0, 0.1) is 0 Å². The van der Waals surface area contributed by atoms with E-state index in [1.807, 2.05) is 0 Å². The molecule has 0 aliphatic rings. The quantitative estimate of drug-likeness (QED) is 0.881. The van der Waals surface area contributed by atoms with Crippen molar-refractivity contribution in [1.29, 1.82) is 0 Å². The predicted octanol–water partition coefficient (Wildman–Crippen LogP) is 1.48. The third kappa shape index (κ3) is 3.23. The van der Waals surface area contributed by atoms with E-state index < -0.39 is 11.9 Å². The Bertz CT molecular complexity index is 613. The molecule has 7 nitrogen and oxygen atoms in total. The van der Waals surface area contributed by atoms with Gasteiger partial charge in [0.2, 0.25) is 0 Å². The lowest BCUT2D eigenvalue weighted by Crippen LogP contribution is -2.14. The maximum atomic E-state index is 11.7. The average molecular weight is 279 g/mol. The predicted molar refractivity (Wildman–Crippen MR) is 66.2 cm³/mol. The number of aromatic nitrogens is 3. The summed E-state index contributed by atoms with van der Waals surface area (Å²) in [4.78, 5) is 33.5. The van der Waals surface area contributed by atoms with E-state index in [-0.39, 0.29) is 16.5 Å². The second kappa shape index (κ2) is 5.40. The molecule has 96 valence electrons. The molecule has 1 amide bonds. The first-order valence-corrected chi connectivity index (χ1v) is 5.42. The first-order valence-electron chi connectivity index (χ1n) is 5.04. The van der Waals surface area contributed by atoms with Crippen molar-refractivity contribution in [3.8, 4) is 0 Å². The lowest BCUT2D eigenvalue weighted by atomic mass is 10.3. The minimum Gasteiger partial charge on any atom is -0.477 e. The van der Waals surface area contributed by atoms with E-state index in [1.54, 1.807) is 0 Å². The van der Waals surface area contributed by atoms with Crippen molar-refractivity contribution in [3.05, 3.63) is 47.3 Å². The van der Waals surface area contributed by atoms with Crippen molar-refractivity contribution in [2.45, 2.75) is 0 Å². The highest BCUT2D eigenvalue weighted by Gasteiger charge is 2.09. The smallest absolute Gasteiger partial charge is 0.354 e. The normalized spacial score (nSPS) is 9.95. The van der Waals surface area contributed by atoms with Gasteiger partial charge in [-0.2, -0.15) is 0 Å². The van der Waals surface area contributed by atoms with E-state index in [0.717, 1.165) is 0 Å². The van der Waals surface area contributed by atoms with E-state index in [0.29, 0.717) is 5.69 Å². The number of pyridine rings is 1. The van der Waals surface area contributed by atoms with Gasteiger partial charge in [-0.1, -0.05) is 11.6 Å². The number of carbonyl (C=O) groups is 2. The minimum absolute atomic E-state index is 0.0895. The van der Waals surface area contributed by atoms with Gasteiger partial charge < -0.3 is 10.4 Å². The van der Waals surface area contributed by atoms with E-state index in [2.05, 4.69) is 20.3 Å². The van der Waals surface area contributed by atoms with Crippen molar-refractivity contribution in [2.24, 2.45) is 0 Å². The van der Waals surface area contributed by atoms with Gasteiger partial charge in [-0.25, -0.2) is 19.7 Å². The first-order chi connectivity index (χ1) is 9.06. The lowest BCUT2D eigenvalue weighted by Gasteiger charge is -2.04. The molecular formula is C11H7ClN4O3. The molecule has 0 saturated carbocycles. The topological polar surface area (TPSA) is 105 Å². The molecule has 0 unspecified atom stereocenters. The highest BCUT2D eigenvalue weighted by Crippen LogP contribution is 2.08. The molecule has 2 aromatic rings. The van der Waals surface area contributed by atoms with Gasteiger partial charge in [0.1, 0.15) is 16.5 Å². The highest BCUT2D eigenvalue weighted by molar-refractivity contribution is 6.29. The second-order valence-corrected chi connectivity index (χ2v) is 3.80. The monoisotopic (exact) mass is 278 g/mol. The van der Waals surface area contributed by atoms with Gasteiger partial charge in [-0.05, 0) is 12.1 Å². The minimum atomic E-state index is -1.14. The fourth-order valence-corrected chi connectivity index (χ4v) is 1.32. The number of nitrogens with one attached hydrogen (secondary N) is 1. The van der Waals surface area contributed by atoms with Crippen LogP contribution < -0.4 is 5.32 Å². The molecule has 19 heavy (non-hydrogen) atoms. The van der Waals surface area contributed by atoms with Crippen molar-refractivity contribution in [1.82, 2.24) is 15.0 Å². The maximum Gasteiger partial charge on any atom is 0.354 e. The van der Waals surface area contributed by atoms with E-state index in [9.17, 15) is 9.59 Å². The Hall–Kier alpha value is -2.54. The molecule has 0 aromatic carbocycles. The number of rotatable bonds is 3. The fraction of sp³-hybridized carbons (Fsp3) is 0. The molecule has 0 aliphatic carbocycles. The van der Waals surface area contributed by atoms with Crippen LogP contribution in [0.15, 0.2) is 30.7 Å². The maximum absolute atomic E-state index is 11.7. The van der Waals surface area contributed by atoms with Crippen LogP contribution in [0.3, 0.4) is 0 Å². The zero-order valence-corrected chi connectivity index (χ0v) is 10.1. The Morgan fingerprint density at radius 2 is 1.79 bits per heavy atom. The number of anilines is 1. The summed E-state index contributed by atoms with van der Waals surface area (Å²) in [6.07, 6.45) is 3.73. The Morgan fingerprint density at radius 1 is 1.05 bits per heavy atom. The summed E-state index contributed by atoms with van der Waals surface area (Å²) in [5.41, 5.74) is 0.336. The molecule has 0 spiro atoms. The second-order valence-electron chi connectivity index (χ2n) is 3.42. The standard InChI is InChI=1S/C11H7ClN4O3/c12-9-5-14-8(4-15-9)10(17)16-6-1-2-7(11(18)19)13-3-6/h1-5H,(H,16,17)(H,18,19). The van der Waals surface area contributed by atoms with Crippen molar-refractivity contribution < 1.29 is 14.7 Å². The Morgan fingerprint density at radius 3 is 2.32 bits per heavy atom. The summed E-state index contributed by atoms with van der Waals surface area (Å²) < 4.78 is 0. The molecular weight excluding hydrogens is 272 g/mol. The third-order valence-corrected chi connectivity index (χ3v) is 2.29. The van der Waals surface area contributed by atoms with Crippen LogP contribution in [0.2, 0.25) is 5.15 Å². The third-order valence-electron chi connectivity index (χ3n) is 2.09. The molecule has 0 aliphatic heterocycles. The number of aromatic carboxylic acids is 1. The van der Waals surface area contributed by atoms with E-state index in [1.165, 1.54) is 30.7 Å². The number of carbonyl (C=O) groups excluding carboxylic acids is 1. The number of hydrogen-bond acceptors (Lipinski definition) is 5. The summed E-state index contributed by atoms with van der Waals surface area (Å²) in [7, 11) is 0.